The average Bonchev–Trinajstić information content (AvgIpc) is 2.28. The molecule has 1 aromatic rings. The lowest BCUT2D eigenvalue weighted by Crippen LogP contribution is -2.39. The van der Waals surface area contributed by atoms with Crippen molar-refractivity contribution in [3.05, 3.63) is 29.8 Å². The summed E-state index contributed by atoms with van der Waals surface area (Å²) in [6, 6.07) is 6.58. The van der Waals surface area contributed by atoms with Crippen LogP contribution in [0.3, 0.4) is 0 Å². The van der Waals surface area contributed by atoms with E-state index >= 15 is 0 Å². The van der Waals surface area contributed by atoms with E-state index in [0.29, 0.717) is 5.69 Å². The number of carbonyl (C=O) groups excluding carboxylic acids is 2. The predicted octanol–water partition coefficient (Wildman–Crippen LogP) is 1.34. The third-order valence-corrected chi connectivity index (χ3v) is 2.26. The minimum atomic E-state index is -0.848. The normalized spacial score (nSPS) is 12.0. The molecule has 1 amide bonds. The van der Waals surface area contributed by atoms with Gasteiger partial charge in [0.1, 0.15) is 0 Å². The number of nitrogens with one attached hydrogen (secondary N) is 1. The van der Waals surface area contributed by atoms with Gasteiger partial charge in [0.25, 0.3) is 5.91 Å². The second-order valence-electron chi connectivity index (χ2n) is 4.30. The van der Waals surface area contributed by atoms with E-state index in [1.54, 1.807) is 24.3 Å². The van der Waals surface area contributed by atoms with Crippen molar-refractivity contribution in [2.45, 2.75) is 32.9 Å². The zero-order valence-electron chi connectivity index (χ0n) is 10.8. The van der Waals surface area contributed by atoms with Crippen molar-refractivity contribution >= 4 is 17.6 Å². The molecule has 1 aromatic carbocycles. The summed E-state index contributed by atoms with van der Waals surface area (Å²) in [4.78, 5) is 23.4. The molecular formula is C13H18N2O3. The minimum absolute atomic E-state index is 0.000414. The molecule has 0 spiro atoms. The molecule has 0 aliphatic heterocycles. The summed E-state index contributed by atoms with van der Waals surface area (Å²) >= 11 is 0. The number of esters is 1. The van der Waals surface area contributed by atoms with E-state index in [1.165, 1.54) is 6.92 Å². The highest BCUT2D eigenvalue weighted by Gasteiger charge is 2.20. The van der Waals surface area contributed by atoms with Crippen LogP contribution < -0.4 is 11.1 Å². The van der Waals surface area contributed by atoms with Gasteiger partial charge < -0.3 is 15.8 Å². The van der Waals surface area contributed by atoms with E-state index in [-0.39, 0.29) is 17.5 Å². The summed E-state index contributed by atoms with van der Waals surface area (Å²) in [6.07, 6.45) is -0.848. The second kappa shape index (κ2) is 6.05. The van der Waals surface area contributed by atoms with Gasteiger partial charge in [-0.1, -0.05) is 12.1 Å². The van der Waals surface area contributed by atoms with E-state index in [9.17, 15) is 9.59 Å². The molecule has 98 valence electrons. The van der Waals surface area contributed by atoms with Gasteiger partial charge >= 0.3 is 5.97 Å². The fraction of sp³-hybridized carbons (Fsp3) is 0.385. The summed E-state index contributed by atoms with van der Waals surface area (Å²) < 4.78 is 5.05. The number of nitrogens with two attached hydrogens (primary N) is 1. The lowest BCUT2D eigenvalue weighted by molar-refractivity contribution is -0.129. The number of hydrogen-bond acceptors (Lipinski definition) is 4. The molecule has 0 bridgehead atoms. The van der Waals surface area contributed by atoms with Crippen molar-refractivity contribution in [1.29, 1.82) is 0 Å². The molecule has 0 radical (unpaired) electrons. The first-order chi connectivity index (χ1) is 8.41. The van der Waals surface area contributed by atoms with Gasteiger partial charge in [0.15, 0.2) is 6.10 Å². The topological polar surface area (TPSA) is 81.4 Å². The molecule has 1 rings (SSSR count). The van der Waals surface area contributed by atoms with Crippen LogP contribution in [0.15, 0.2) is 24.3 Å². The lowest BCUT2D eigenvalue weighted by atomic mass is 10.2. The summed E-state index contributed by atoms with van der Waals surface area (Å²) in [7, 11) is 0. The number of anilines is 1. The molecule has 0 saturated carbocycles. The Morgan fingerprint density at radius 3 is 2.39 bits per heavy atom. The molecule has 1 atom stereocenters. The van der Waals surface area contributed by atoms with Crippen LogP contribution in [0.5, 0.6) is 0 Å². The smallest absolute Gasteiger partial charge is 0.341 e. The Kier molecular flexibility index (Phi) is 4.71. The Labute approximate surface area is 106 Å². The highest BCUT2D eigenvalue weighted by molar-refractivity contribution is 5.96. The molecule has 0 aliphatic rings. The fourth-order valence-electron chi connectivity index (χ4n) is 1.36. The summed E-state index contributed by atoms with van der Waals surface area (Å²) in [5, 5.41) is 2.67. The summed E-state index contributed by atoms with van der Waals surface area (Å²) in [5.41, 5.74) is 6.25. The largest absolute Gasteiger partial charge is 0.449 e. The molecule has 3 N–H and O–H groups in total. The summed E-state index contributed by atoms with van der Waals surface area (Å²) in [5.74, 6) is -0.924. The number of amides is 1. The van der Waals surface area contributed by atoms with Gasteiger partial charge in [0.2, 0.25) is 0 Å². The van der Waals surface area contributed by atoms with Crippen LogP contribution in [0, 0.1) is 0 Å². The molecule has 5 heteroatoms. The number of carbonyl (C=O) groups is 2. The highest BCUT2D eigenvalue weighted by atomic mass is 16.5. The molecule has 0 aromatic heterocycles. The molecule has 1 unspecified atom stereocenters. The van der Waals surface area contributed by atoms with Gasteiger partial charge in [0, 0.05) is 11.7 Å². The zero-order chi connectivity index (χ0) is 13.7. The summed E-state index contributed by atoms with van der Waals surface area (Å²) in [6.45, 7) is 5.19. The van der Waals surface area contributed by atoms with Crippen LogP contribution in [0.4, 0.5) is 5.69 Å². The molecule has 0 heterocycles. The Bertz CT molecular complexity index is 444. The van der Waals surface area contributed by atoms with Gasteiger partial charge in [-0.3, -0.25) is 4.79 Å². The van der Waals surface area contributed by atoms with Crippen LogP contribution in [0.25, 0.3) is 0 Å². The third-order valence-electron chi connectivity index (χ3n) is 2.26. The molecule has 0 fully saturated rings. The van der Waals surface area contributed by atoms with Crippen LogP contribution >= 0.6 is 0 Å². The second-order valence-corrected chi connectivity index (χ2v) is 4.30. The first-order valence-corrected chi connectivity index (χ1v) is 5.77. The van der Waals surface area contributed by atoms with E-state index < -0.39 is 12.1 Å². The number of rotatable bonds is 4. The van der Waals surface area contributed by atoms with E-state index in [2.05, 4.69) is 5.32 Å². The van der Waals surface area contributed by atoms with Gasteiger partial charge in [0.05, 0.1) is 5.56 Å². The number of hydrogen-bond donors (Lipinski definition) is 2. The minimum Gasteiger partial charge on any atom is -0.449 e. The maximum Gasteiger partial charge on any atom is 0.341 e. The van der Waals surface area contributed by atoms with Gasteiger partial charge in [-0.25, -0.2) is 4.79 Å². The van der Waals surface area contributed by atoms with Crippen molar-refractivity contribution < 1.29 is 14.3 Å². The van der Waals surface area contributed by atoms with Crippen LogP contribution in [-0.4, -0.2) is 24.0 Å². The standard InChI is InChI=1S/C13H18N2O3/c1-8(2)15-12(16)9(3)18-13(17)10-6-4-5-7-11(10)14/h4-9H,14H2,1-3H3,(H,15,16). The SMILES string of the molecule is CC(C)NC(=O)C(C)OC(=O)c1ccccc1N. The van der Waals surface area contributed by atoms with Crippen molar-refractivity contribution in [2.24, 2.45) is 0 Å². The molecular weight excluding hydrogens is 232 g/mol. The molecule has 0 saturated heterocycles. The number of ether oxygens (including phenoxy) is 1. The van der Waals surface area contributed by atoms with Gasteiger partial charge in [-0.05, 0) is 32.9 Å². The molecule has 0 aliphatic carbocycles. The quantitative estimate of drug-likeness (QED) is 0.624. The number of benzene rings is 1. The Morgan fingerprint density at radius 1 is 1.22 bits per heavy atom. The lowest BCUT2D eigenvalue weighted by Gasteiger charge is -2.15. The molecule has 5 nitrogen and oxygen atoms in total. The Morgan fingerprint density at radius 2 is 1.83 bits per heavy atom. The van der Waals surface area contributed by atoms with Crippen LogP contribution in [0.1, 0.15) is 31.1 Å². The van der Waals surface area contributed by atoms with Crippen LogP contribution in [0.2, 0.25) is 0 Å². The first-order valence-electron chi connectivity index (χ1n) is 5.77. The average molecular weight is 250 g/mol. The fourth-order valence-corrected chi connectivity index (χ4v) is 1.36. The Balaban J connectivity index is 2.65. The molecule has 18 heavy (non-hydrogen) atoms. The van der Waals surface area contributed by atoms with Crippen molar-refractivity contribution in [3.63, 3.8) is 0 Å². The first kappa shape index (κ1) is 14.0. The Hall–Kier alpha value is -2.04. The number of nitrogen functional groups attached to an aromatic ring is 1. The predicted molar refractivity (Wildman–Crippen MR) is 69.0 cm³/mol. The van der Waals surface area contributed by atoms with Gasteiger partial charge in [-0.2, -0.15) is 0 Å². The van der Waals surface area contributed by atoms with Crippen molar-refractivity contribution in [1.82, 2.24) is 5.32 Å². The van der Waals surface area contributed by atoms with E-state index in [1.807, 2.05) is 13.8 Å². The zero-order valence-corrected chi connectivity index (χ0v) is 10.8. The van der Waals surface area contributed by atoms with E-state index in [4.69, 9.17) is 10.5 Å². The van der Waals surface area contributed by atoms with E-state index in [0.717, 1.165) is 0 Å². The van der Waals surface area contributed by atoms with Gasteiger partial charge in [-0.15, -0.1) is 0 Å². The highest BCUT2D eigenvalue weighted by Crippen LogP contribution is 2.12. The maximum absolute atomic E-state index is 11.8. The van der Waals surface area contributed by atoms with Crippen molar-refractivity contribution in [2.75, 3.05) is 5.73 Å². The third kappa shape index (κ3) is 3.76. The monoisotopic (exact) mass is 250 g/mol. The van der Waals surface area contributed by atoms with Crippen molar-refractivity contribution in [3.8, 4) is 0 Å². The number of para-hydroxylation sites is 1. The maximum atomic E-state index is 11.8. The van der Waals surface area contributed by atoms with Crippen LogP contribution in [-0.2, 0) is 9.53 Å².